The van der Waals surface area contributed by atoms with Crippen LogP contribution in [0, 0.1) is 0 Å². The van der Waals surface area contributed by atoms with E-state index in [9.17, 15) is 14.4 Å². The Balaban J connectivity index is 2.50. The van der Waals surface area contributed by atoms with Crippen LogP contribution in [0.5, 0.6) is 0 Å². The summed E-state index contributed by atoms with van der Waals surface area (Å²) in [4.78, 5) is 37.7. The monoisotopic (exact) mass is 431 g/mol. The highest BCUT2D eigenvalue weighted by atomic mass is 16.7. The van der Waals surface area contributed by atoms with Crippen LogP contribution in [0.2, 0.25) is 0 Å². The molecule has 1 amide bonds. The lowest BCUT2D eigenvalue weighted by atomic mass is 9.99. The standard InChI is InChI=1S/C22H25NO8/c1-27-20(24)23(14-16-10-6-4-7-11-16)19(17-12-8-5-9-13-17)18(31-22(26)29-3)15-30-21(25)28-2/h4-13,18-19H,14-15H2,1-3H3/t18-,19+/m0/s1. The fourth-order valence-corrected chi connectivity index (χ4v) is 2.99. The fourth-order valence-electron chi connectivity index (χ4n) is 2.99. The van der Waals surface area contributed by atoms with E-state index in [-0.39, 0.29) is 13.2 Å². The Hall–Kier alpha value is -3.75. The Morgan fingerprint density at radius 3 is 1.94 bits per heavy atom. The van der Waals surface area contributed by atoms with Crippen molar-refractivity contribution in [3.63, 3.8) is 0 Å². The van der Waals surface area contributed by atoms with Gasteiger partial charge in [-0.25, -0.2) is 14.4 Å². The maximum Gasteiger partial charge on any atom is 0.508 e. The van der Waals surface area contributed by atoms with Crippen LogP contribution in [0.25, 0.3) is 0 Å². The number of hydrogen-bond acceptors (Lipinski definition) is 8. The molecule has 166 valence electrons. The van der Waals surface area contributed by atoms with Crippen molar-refractivity contribution in [2.75, 3.05) is 27.9 Å². The lowest BCUT2D eigenvalue weighted by molar-refractivity contribution is -0.0427. The van der Waals surface area contributed by atoms with Gasteiger partial charge in [-0.2, -0.15) is 0 Å². The van der Waals surface area contributed by atoms with Crippen molar-refractivity contribution in [2.24, 2.45) is 0 Å². The Labute approximate surface area is 180 Å². The molecular weight excluding hydrogens is 406 g/mol. The van der Waals surface area contributed by atoms with Crippen LogP contribution in [-0.2, 0) is 30.2 Å². The average molecular weight is 431 g/mol. The normalized spacial score (nSPS) is 12.1. The van der Waals surface area contributed by atoms with Crippen LogP contribution < -0.4 is 0 Å². The van der Waals surface area contributed by atoms with Crippen molar-refractivity contribution in [3.8, 4) is 0 Å². The molecule has 0 spiro atoms. The fraction of sp³-hybridized carbons (Fsp3) is 0.318. The van der Waals surface area contributed by atoms with Gasteiger partial charge in [-0.05, 0) is 11.1 Å². The number of hydrogen-bond donors (Lipinski definition) is 0. The van der Waals surface area contributed by atoms with Crippen LogP contribution >= 0.6 is 0 Å². The van der Waals surface area contributed by atoms with E-state index in [0.717, 1.165) is 19.8 Å². The summed E-state index contributed by atoms with van der Waals surface area (Å²) in [7, 11) is 3.56. The Morgan fingerprint density at radius 1 is 0.806 bits per heavy atom. The van der Waals surface area contributed by atoms with Crippen molar-refractivity contribution in [1.82, 2.24) is 4.90 Å². The quantitative estimate of drug-likeness (QED) is 0.458. The molecule has 0 saturated heterocycles. The lowest BCUT2D eigenvalue weighted by Crippen LogP contribution is -2.44. The molecule has 0 fully saturated rings. The van der Waals surface area contributed by atoms with Crippen LogP contribution in [0.1, 0.15) is 17.2 Å². The van der Waals surface area contributed by atoms with Gasteiger partial charge in [0, 0.05) is 6.54 Å². The molecule has 0 aromatic heterocycles. The van der Waals surface area contributed by atoms with E-state index < -0.39 is 30.5 Å². The molecule has 0 bridgehead atoms. The third-order valence-electron chi connectivity index (χ3n) is 4.38. The second kappa shape index (κ2) is 12.1. The van der Waals surface area contributed by atoms with Gasteiger partial charge >= 0.3 is 18.4 Å². The van der Waals surface area contributed by atoms with Crippen LogP contribution in [0.15, 0.2) is 60.7 Å². The van der Waals surface area contributed by atoms with Crippen molar-refractivity contribution < 1.29 is 38.1 Å². The summed E-state index contributed by atoms with van der Waals surface area (Å²) in [6, 6.07) is 17.2. The number of amides is 1. The smallest absolute Gasteiger partial charge is 0.453 e. The maximum atomic E-state index is 12.8. The molecule has 0 aliphatic carbocycles. The largest absolute Gasteiger partial charge is 0.508 e. The minimum absolute atomic E-state index is 0.145. The van der Waals surface area contributed by atoms with E-state index in [1.54, 1.807) is 30.3 Å². The summed E-state index contributed by atoms with van der Waals surface area (Å²) in [5.74, 6) is 0. The van der Waals surface area contributed by atoms with Crippen molar-refractivity contribution in [2.45, 2.75) is 18.7 Å². The summed E-state index contributed by atoms with van der Waals surface area (Å²) in [5.41, 5.74) is 1.45. The summed E-state index contributed by atoms with van der Waals surface area (Å²) in [6.07, 6.45) is -3.73. The van der Waals surface area contributed by atoms with E-state index in [4.69, 9.17) is 14.2 Å². The van der Waals surface area contributed by atoms with Crippen LogP contribution in [0.3, 0.4) is 0 Å². The van der Waals surface area contributed by atoms with E-state index in [1.807, 2.05) is 30.3 Å². The van der Waals surface area contributed by atoms with Crippen LogP contribution in [-0.4, -0.2) is 57.3 Å². The number of methoxy groups -OCH3 is 3. The first-order valence-electron chi connectivity index (χ1n) is 9.39. The van der Waals surface area contributed by atoms with Gasteiger partial charge in [0.2, 0.25) is 0 Å². The first kappa shape index (κ1) is 23.5. The van der Waals surface area contributed by atoms with Gasteiger partial charge in [0.1, 0.15) is 12.6 Å². The first-order chi connectivity index (χ1) is 15.0. The van der Waals surface area contributed by atoms with Gasteiger partial charge in [0.05, 0.1) is 21.3 Å². The van der Waals surface area contributed by atoms with Gasteiger partial charge in [0.25, 0.3) is 0 Å². The molecule has 0 aliphatic heterocycles. The van der Waals surface area contributed by atoms with Gasteiger partial charge in [-0.15, -0.1) is 0 Å². The molecule has 0 heterocycles. The van der Waals surface area contributed by atoms with Crippen molar-refractivity contribution in [1.29, 1.82) is 0 Å². The highest BCUT2D eigenvalue weighted by Gasteiger charge is 2.37. The zero-order valence-electron chi connectivity index (χ0n) is 17.6. The highest BCUT2D eigenvalue weighted by Crippen LogP contribution is 2.30. The topological polar surface area (TPSA) is 101 Å². The second-order valence-corrected chi connectivity index (χ2v) is 6.31. The summed E-state index contributed by atoms with van der Waals surface area (Å²) in [5, 5.41) is 0. The molecule has 2 rings (SSSR count). The van der Waals surface area contributed by atoms with Gasteiger partial charge < -0.3 is 23.7 Å². The number of ether oxygens (including phenoxy) is 5. The average Bonchev–Trinajstić information content (AvgIpc) is 2.82. The van der Waals surface area contributed by atoms with E-state index in [2.05, 4.69) is 9.47 Å². The first-order valence-corrected chi connectivity index (χ1v) is 9.39. The predicted octanol–water partition coefficient (Wildman–Crippen LogP) is 3.93. The third kappa shape index (κ3) is 6.91. The molecule has 0 unspecified atom stereocenters. The Bertz CT molecular complexity index is 843. The summed E-state index contributed by atoms with van der Waals surface area (Å²) in [6.45, 7) is -0.240. The van der Waals surface area contributed by atoms with Crippen LogP contribution in [0.4, 0.5) is 14.4 Å². The minimum atomic E-state index is -1.11. The SMILES string of the molecule is COC(=O)OC[C@H](OC(=O)OC)[C@@H](c1ccccc1)N(Cc1ccccc1)C(=O)OC. The van der Waals surface area contributed by atoms with E-state index >= 15 is 0 Å². The zero-order chi connectivity index (χ0) is 22.6. The maximum absolute atomic E-state index is 12.8. The molecular formula is C22H25NO8. The number of carbonyl (C=O) groups excluding carboxylic acids is 3. The number of benzene rings is 2. The molecule has 0 N–H and O–H groups in total. The number of nitrogens with zero attached hydrogens (tertiary/aromatic N) is 1. The molecule has 9 heteroatoms. The number of carbonyl (C=O) groups is 3. The zero-order valence-corrected chi connectivity index (χ0v) is 17.6. The lowest BCUT2D eigenvalue weighted by Gasteiger charge is -2.35. The predicted molar refractivity (Wildman–Crippen MR) is 109 cm³/mol. The van der Waals surface area contributed by atoms with Crippen molar-refractivity contribution >= 4 is 18.4 Å². The number of rotatable bonds is 8. The second-order valence-electron chi connectivity index (χ2n) is 6.31. The molecule has 2 aromatic rings. The third-order valence-corrected chi connectivity index (χ3v) is 4.38. The Kier molecular flexibility index (Phi) is 9.15. The molecule has 2 aromatic carbocycles. The molecule has 0 radical (unpaired) electrons. The van der Waals surface area contributed by atoms with Gasteiger partial charge in [-0.1, -0.05) is 60.7 Å². The van der Waals surface area contributed by atoms with Crippen molar-refractivity contribution in [3.05, 3.63) is 71.8 Å². The summed E-state index contributed by atoms with van der Waals surface area (Å²) >= 11 is 0. The molecule has 0 saturated carbocycles. The molecule has 0 aliphatic rings. The molecule has 31 heavy (non-hydrogen) atoms. The minimum Gasteiger partial charge on any atom is -0.453 e. The molecule has 2 atom stereocenters. The Morgan fingerprint density at radius 2 is 1.39 bits per heavy atom. The summed E-state index contributed by atoms with van der Waals surface area (Å²) < 4.78 is 24.5. The van der Waals surface area contributed by atoms with E-state index in [0.29, 0.717) is 5.56 Å². The van der Waals surface area contributed by atoms with Gasteiger partial charge in [0.15, 0.2) is 6.10 Å². The highest BCUT2D eigenvalue weighted by molar-refractivity contribution is 5.69. The van der Waals surface area contributed by atoms with E-state index in [1.165, 1.54) is 12.0 Å². The molecule has 9 nitrogen and oxygen atoms in total. The van der Waals surface area contributed by atoms with Gasteiger partial charge in [-0.3, -0.25) is 4.90 Å².